The Balaban J connectivity index is 1.79. The second kappa shape index (κ2) is 6.38. The lowest BCUT2D eigenvalue weighted by Gasteiger charge is -2.18. The van der Waals surface area contributed by atoms with Crippen LogP contribution in [0.5, 0.6) is 0 Å². The molecule has 114 valence electrons. The Labute approximate surface area is 123 Å². The second-order valence-corrected chi connectivity index (χ2v) is 5.29. The Morgan fingerprint density at radius 3 is 3.19 bits per heavy atom. The van der Waals surface area contributed by atoms with Crippen LogP contribution in [0.15, 0.2) is 24.9 Å². The van der Waals surface area contributed by atoms with E-state index in [4.69, 9.17) is 15.2 Å². The van der Waals surface area contributed by atoms with E-state index in [-0.39, 0.29) is 6.04 Å². The van der Waals surface area contributed by atoms with Gasteiger partial charge in [0.1, 0.15) is 0 Å². The molecule has 3 rings (SSSR count). The van der Waals surface area contributed by atoms with Crippen LogP contribution >= 0.6 is 0 Å². The van der Waals surface area contributed by atoms with Gasteiger partial charge in [-0.2, -0.15) is 5.10 Å². The Kier molecular flexibility index (Phi) is 4.33. The van der Waals surface area contributed by atoms with E-state index in [1.807, 2.05) is 27.8 Å². The minimum Gasteiger partial charge on any atom is -0.383 e. The van der Waals surface area contributed by atoms with Gasteiger partial charge in [0, 0.05) is 25.8 Å². The summed E-state index contributed by atoms with van der Waals surface area (Å²) in [7, 11) is 1.68. The smallest absolute Gasteiger partial charge is 0.0995 e. The fourth-order valence-electron chi connectivity index (χ4n) is 2.63. The predicted octanol–water partition coefficient (Wildman–Crippen LogP) is 0.751. The molecule has 0 bridgehead atoms. The topological polar surface area (TPSA) is 80.1 Å². The highest BCUT2D eigenvalue weighted by Crippen LogP contribution is 2.27. The normalized spacial score (nSPS) is 20.0. The maximum absolute atomic E-state index is 6.38. The number of nitrogens with two attached hydrogens (primary N) is 1. The molecule has 0 saturated carbocycles. The van der Waals surface area contributed by atoms with E-state index in [2.05, 4.69) is 10.1 Å². The molecular formula is C14H21N5O2. The van der Waals surface area contributed by atoms with Gasteiger partial charge in [-0.25, -0.2) is 4.98 Å². The largest absolute Gasteiger partial charge is 0.383 e. The number of ether oxygens (including phenoxy) is 2. The van der Waals surface area contributed by atoms with E-state index in [0.717, 1.165) is 37.6 Å². The lowest BCUT2D eigenvalue weighted by Crippen LogP contribution is -2.23. The van der Waals surface area contributed by atoms with Crippen LogP contribution < -0.4 is 5.73 Å². The molecule has 21 heavy (non-hydrogen) atoms. The van der Waals surface area contributed by atoms with Crippen LogP contribution in [0.4, 0.5) is 0 Å². The fraction of sp³-hybridized carbons (Fsp3) is 0.571. The van der Waals surface area contributed by atoms with Crippen LogP contribution in [-0.4, -0.2) is 46.3 Å². The van der Waals surface area contributed by atoms with Crippen LogP contribution in [0.2, 0.25) is 0 Å². The molecule has 1 aliphatic heterocycles. The van der Waals surface area contributed by atoms with Gasteiger partial charge in [-0.05, 0) is 6.42 Å². The summed E-state index contributed by atoms with van der Waals surface area (Å²) in [5.74, 6) is 0.351. The first kappa shape index (κ1) is 14.2. The molecule has 2 unspecified atom stereocenters. The molecule has 0 radical (unpaired) electrons. The number of imidazole rings is 1. The van der Waals surface area contributed by atoms with Crippen molar-refractivity contribution in [3.63, 3.8) is 0 Å². The molecule has 1 aliphatic rings. The van der Waals surface area contributed by atoms with E-state index in [1.165, 1.54) is 0 Å². The SMILES string of the molecule is COCCn1cc(-n2cncc2C(N)C2CCOC2)cn1. The van der Waals surface area contributed by atoms with Gasteiger partial charge in [-0.15, -0.1) is 0 Å². The van der Waals surface area contributed by atoms with Gasteiger partial charge < -0.3 is 15.2 Å². The van der Waals surface area contributed by atoms with Crippen molar-refractivity contribution in [2.75, 3.05) is 26.9 Å². The Hall–Kier alpha value is -1.70. The van der Waals surface area contributed by atoms with Crippen LogP contribution in [0.25, 0.3) is 5.69 Å². The predicted molar refractivity (Wildman–Crippen MR) is 77.1 cm³/mol. The molecule has 2 atom stereocenters. The van der Waals surface area contributed by atoms with Crippen molar-refractivity contribution < 1.29 is 9.47 Å². The van der Waals surface area contributed by atoms with Crippen LogP contribution in [0.1, 0.15) is 18.2 Å². The van der Waals surface area contributed by atoms with Gasteiger partial charge in [0.25, 0.3) is 0 Å². The van der Waals surface area contributed by atoms with Gasteiger partial charge in [0.05, 0.1) is 55.9 Å². The molecular weight excluding hydrogens is 270 g/mol. The molecule has 0 aromatic carbocycles. The summed E-state index contributed by atoms with van der Waals surface area (Å²) >= 11 is 0. The summed E-state index contributed by atoms with van der Waals surface area (Å²) in [4.78, 5) is 4.24. The lowest BCUT2D eigenvalue weighted by atomic mass is 9.97. The molecule has 2 N–H and O–H groups in total. The number of rotatable bonds is 6. The van der Waals surface area contributed by atoms with E-state index >= 15 is 0 Å². The zero-order valence-corrected chi connectivity index (χ0v) is 12.2. The van der Waals surface area contributed by atoms with Crippen molar-refractivity contribution >= 4 is 0 Å². The number of aromatic nitrogens is 4. The minimum absolute atomic E-state index is 0.0719. The molecule has 0 amide bonds. The highest BCUT2D eigenvalue weighted by Gasteiger charge is 2.26. The number of hydrogen-bond donors (Lipinski definition) is 1. The third-order valence-corrected chi connectivity index (χ3v) is 3.90. The summed E-state index contributed by atoms with van der Waals surface area (Å²) in [6, 6.07) is -0.0719. The average Bonchev–Trinajstić information content (AvgIpc) is 3.24. The molecule has 7 nitrogen and oxygen atoms in total. The number of hydrogen-bond acceptors (Lipinski definition) is 5. The summed E-state index contributed by atoms with van der Waals surface area (Å²) < 4.78 is 14.3. The van der Waals surface area contributed by atoms with Crippen molar-refractivity contribution in [3.8, 4) is 5.69 Å². The number of nitrogens with zero attached hydrogens (tertiary/aromatic N) is 4. The Bertz CT molecular complexity index is 573. The third kappa shape index (κ3) is 2.99. The van der Waals surface area contributed by atoms with Crippen LogP contribution in [0.3, 0.4) is 0 Å². The average molecular weight is 291 g/mol. The molecule has 0 spiro atoms. The second-order valence-electron chi connectivity index (χ2n) is 5.29. The number of methoxy groups -OCH3 is 1. The Morgan fingerprint density at radius 2 is 2.43 bits per heavy atom. The summed E-state index contributed by atoms with van der Waals surface area (Å²) in [6.45, 7) is 2.88. The first-order valence-electron chi connectivity index (χ1n) is 7.17. The maximum atomic E-state index is 6.38. The molecule has 2 aromatic heterocycles. The quantitative estimate of drug-likeness (QED) is 0.849. The van der Waals surface area contributed by atoms with E-state index < -0.39 is 0 Å². The fourth-order valence-corrected chi connectivity index (χ4v) is 2.63. The first-order chi connectivity index (χ1) is 10.3. The highest BCUT2D eigenvalue weighted by atomic mass is 16.5. The summed E-state index contributed by atoms with van der Waals surface area (Å²) in [5, 5.41) is 4.33. The van der Waals surface area contributed by atoms with Gasteiger partial charge in [0.2, 0.25) is 0 Å². The molecule has 7 heteroatoms. The monoisotopic (exact) mass is 291 g/mol. The zero-order valence-electron chi connectivity index (χ0n) is 12.2. The van der Waals surface area contributed by atoms with Gasteiger partial charge >= 0.3 is 0 Å². The van der Waals surface area contributed by atoms with Gasteiger partial charge in [-0.1, -0.05) is 0 Å². The van der Waals surface area contributed by atoms with Crippen LogP contribution in [-0.2, 0) is 16.0 Å². The third-order valence-electron chi connectivity index (χ3n) is 3.90. The minimum atomic E-state index is -0.0719. The zero-order chi connectivity index (χ0) is 14.7. The first-order valence-corrected chi connectivity index (χ1v) is 7.17. The molecule has 2 aromatic rings. The van der Waals surface area contributed by atoms with E-state index in [0.29, 0.717) is 12.5 Å². The lowest BCUT2D eigenvalue weighted by molar-refractivity contribution is 0.180. The van der Waals surface area contributed by atoms with E-state index in [1.54, 1.807) is 13.4 Å². The van der Waals surface area contributed by atoms with Crippen molar-refractivity contribution in [3.05, 3.63) is 30.6 Å². The summed E-state index contributed by atoms with van der Waals surface area (Å²) in [5.41, 5.74) is 8.34. The van der Waals surface area contributed by atoms with Gasteiger partial charge in [-0.3, -0.25) is 9.25 Å². The van der Waals surface area contributed by atoms with Crippen LogP contribution in [0, 0.1) is 5.92 Å². The van der Waals surface area contributed by atoms with Crippen molar-refractivity contribution in [1.29, 1.82) is 0 Å². The maximum Gasteiger partial charge on any atom is 0.0995 e. The highest BCUT2D eigenvalue weighted by molar-refractivity contribution is 5.29. The van der Waals surface area contributed by atoms with Crippen molar-refractivity contribution in [2.24, 2.45) is 11.7 Å². The Morgan fingerprint density at radius 1 is 1.52 bits per heavy atom. The van der Waals surface area contributed by atoms with Crippen molar-refractivity contribution in [1.82, 2.24) is 19.3 Å². The van der Waals surface area contributed by atoms with Crippen molar-refractivity contribution in [2.45, 2.75) is 19.0 Å². The molecule has 1 saturated heterocycles. The molecule has 0 aliphatic carbocycles. The van der Waals surface area contributed by atoms with E-state index in [9.17, 15) is 0 Å². The summed E-state index contributed by atoms with van der Waals surface area (Å²) in [6.07, 6.45) is 8.40. The van der Waals surface area contributed by atoms with Gasteiger partial charge in [0.15, 0.2) is 0 Å². The standard InChI is InChI=1S/C14H21N5O2/c1-20-5-3-18-8-12(6-17-18)19-10-16-7-13(19)14(15)11-2-4-21-9-11/h6-8,10-11,14H,2-5,9,15H2,1H3. The molecule has 3 heterocycles. The molecule has 1 fully saturated rings.